The number of hydrogen-bond donors (Lipinski definition) is 1. The summed E-state index contributed by atoms with van der Waals surface area (Å²) in [5, 5.41) is 10.4. The topological polar surface area (TPSA) is 91.3 Å². The summed E-state index contributed by atoms with van der Waals surface area (Å²) in [5.41, 5.74) is 0.772. The van der Waals surface area contributed by atoms with Crippen molar-refractivity contribution in [3.05, 3.63) is 50.7 Å². The van der Waals surface area contributed by atoms with Crippen molar-refractivity contribution in [1.29, 1.82) is 0 Å². The van der Waals surface area contributed by atoms with Crippen molar-refractivity contribution >= 4 is 22.9 Å². The van der Waals surface area contributed by atoms with Crippen LogP contribution in [0.4, 0.5) is 0 Å². The lowest BCUT2D eigenvalue weighted by molar-refractivity contribution is 0.200. The van der Waals surface area contributed by atoms with E-state index in [-0.39, 0.29) is 11.3 Å². The molecule has 0 unspecified atom stereocenters. The first-order valence-corrected chi connectivity index (χ1v) is 9.48. The first-order valence-electron chi connectivity index (χ1n) is 8.50. The number of aryl methyl sites for hydroxylation is 1. The largest absolute Gasteiger partial charge is 0.508 e. The first-order chi connectivity index (χ1) is 12.9. The molecule has 8 nitrogen and oxygen atoms in total. The van der Waals surface area contributed by atoms with Crippen LogP contribution in [0.2, 0.25) is 0 Å². The molecule has 3 rings (SSSR count). The lowest BCUT2D eigenvalue weighted by Gasteiger charge is -2.10. The molecule has 0 amide bonds. The predicted molar refractivity (Wildman–Crippen MR) is 105 cm³/mol. The Bertz CT molecular complexity index is 1080. The monoisotopic (exact) mass is 390 g/mol. The first kappa shape index (κ1) is 19.2. The number of aromatic hydroxyl groups is 1. The molecular formula is C18H22N4O4S. The van der Waals surface area contributed by atoms with Crippen LogP contribution in [0.15, 0.2) is 39.0 Å². The molecule has 2 aromatic heterocycles. The zero-order chi connectivity index (χ0) is 19.6. The van der Waals surface area contributed by atoms with Gasteiger partial charge < -0.3 is 14.4 Å². The Hall–Kier alpha value is -2.52. The minimum absolute atomic E-state index is 0.159. The van der Waals surface area contributed by atoms with Crippen molar-refractivity contribution in [3.8, 4) is 5.75 Å². The number of benzene rings is 1. The smallest absolute Gasteiger partial charge is 0.332 e. The molecule has 9 heteroatoms. The second kappa shape index (κ2) is 8.01. The molecule has 3 aromatic rings. The average molecular weight is 390 g/mol. The lowest BCUT2D eigenvalue weighted by Crippen LogP contribution is -2.37. The van der Waals surface area contributed by atoms with Gasteiger partial charge >= 0.3 is 5.69 Å². The van der Waals surface area contributed by atoms with Crippen LogP contribution in [0.3, 0.4) is 0 Å². The molecule has 0 bridgehead atoms. The van der Waals surface area contributed by atoms with Crippen molar-refractivity contribution in [2.24, 2.45) is 14.1 Å². The Labute approximate surface area is 160 Å². The second-order valence-corrected chi connectivity index (χ2v) is 7.29. The van der Waals surface area contributed by atoms with Gasteiger partial charge in [-0.2, -0.15) is 0 Å². The highest BCUT2D eigenvalue weighted by Gasteiger charge is 2.19. The normalized spacial score (nSPS) is 11.4. The number of thioether (sulfide) groups is 1. The van der Waals surface area contributed by atoms with Crippen LogP contribution >= 0.6 is 11.8 Å². The molecule has 0 saturated heterocycles. The van der Waals surface area contributed by atoms with Gasteiger partial charge in [0.2, 0.25) is 0 Å². The van der Waals surface area contributed by atoms with Crippen LogP contribution < -0.4 is 11.2 Å². The standard InChI is InChI=1S/C18H22N4O4S/c1-20-15-14(16(24)21(2)18(20)25)22(11-12-6-4-7-13(23)10-12)17(19-15)27-9-5-8-26-3/h4,6-7,10,23H,5,8-9,11H2,1-3H3. The molecule has 0 aliphatic heterocycles. The van der Waals surface area contributed by atoms with Gasteiger partial charge in [-0.1, -0.05) is 23.9 Å². The lowest BCUT2D eigenvalue weighted by atomic mass is 10.2. The summed E-state index contributed by atoms with van der Waals surface area (Å²) in [6, 6.07) is 6.87. The van der Waals surface area contributed by atoms with Crippen molar-refractivity contribution in [3.63, 3.8) is 0 Å². The number of aromatic nitrogens is 4. The van der Waals surface area contributed by atoms with E-state index in [1.807, 2.05) is 10.6 Å². The van der Waals surface area contributed by atoms with E-state index in [1.165, 1.54) is 23.4 Å². The summed E-state index contributed by atoms with van der Waals surface area (Å²) in [6.45, 7) is 1.00. The maximum Gasteiger partial charge on any atom is 0.332 e. The third-order valence-electron chi connectivity index (χ3n) is 4.29. The van der Waals surface area contributed by atoms with E-state index < -0.39 is 5.69 Å². The maximum absolute atomic E-state index is 12.8. The molecular weight excluding hydrogens is 368 g/mol. The van der Waals surface area contributed by atoms with Crippen LogP contribution in [-0.4, -0.2) is 43.3 Å². The highest BCUT2D eigenvalue weighted by molar-refractivity contribution is 7.99. The van der Waals surface area contributed by atoms with Gasteiger partial charge in [0.15, 0.2) is 16.3 Å². The Morgan fingerprint density at radius 2 is 2.00 bits per heavy atom. The van der Waals surface area contributed by atoms with E-state index in [0.717, 1.165) is 22.3 Å². The Balaban J connectivity index is 2.14. The summed E-state index contributed by atoms with van der Waals surface area (Å²) in [7, 11) is 4.72. The van der Waals surface area contributed by atoms with Crippen LogP contribution in [0, 0.1) is 0 Å². The van der Waals surface area contributed by atoms with Gasteiger partial charge in [-0.3, -0.25) is 13.9 Å². The number of phenolic OH excluding ortho intramolecular Hbond substituents is 1. The summed E-state index contributed by atoms with van der Waals surface area (Å²) < 4.78 is 9.36. The Morgan fingerprint density at radius 3 is 2.70 bits per heavy atom. The third-order valence-corrected chi connectivity index (χ3v) is 5.35. The molecule has 0 fully saturated rings. The zero-order valence-corrected chi connectivity index (χ0v) is 16.3. The SMILES string of the molecule is COCCCSc1nc2c(c(=O)n(C)c(=O)n2C)n1Cc1cccc(O)c1. The predicted octanol–water partition coefficient (Wildman–Crippen LogP) is 1.32. The third kappa shape index (κ3) is 3.79. The van der Waals surface area contributed by atoms with Gasteiger partial charge in [0.05, 0.1) is 6.54 Å². The van der Waals surface area contributed by atoms with Crippen molar-refractivity contribution in [2.45, 2.75) is 18.1 Å². The fourth-order valence-electron chi connectivity index (χ4n) is 2.89. The summed E-state index contributed by atoms with van der Waals surface area (Å²) in [4.78, 5) is 29.6. The summed E-state index contributed by atoms with van der Waals surface area (Å²) in [5.74, 6) is 0.928. The number of imidazole rings is 1. The average Bonchev–Trinajstić information content (AvgIpc) is 3.00. The van der Waals surface area contributed by atoms with E-state index in [9.17, 15) is 14.7 Å². The molecule has 0 aliphatic rings. The van der Waals surface area contributed by atoms with Crippen molar-refractivity contribution in [2.75, 3.05) is 19.5 Å². The number of fused-ring (bicyclic) bond motifs is 1. The van der Waals surface area contributed by atoms with Gasteiger partial charge in [-0.15, -0.1) is 0 Å². The molecule has 1 N–H and O–H groups in total. The number of methoxy groups -OCH3 is 1. The number of nitrogens with zero attached hydrogens (tertiary/aromatic N) is 4. The van der Waals surface area contributed by atoms with Gasteiger partial charge in [-0.05, 0) is 24.1 Å². The van der Waals surface area contributed by atoms with Crippen molar-refractivity contribution in [1.82, 2.24) is 18.7 Å². The highest BCUT2D eigenvalue weighted by atomic mass is 32.2. The minimum atomic E-state index is -0.412. The van der Waals surface area contributed by atoms with Gasteiger partial charge in [0.25, 0.3) is 5.56 Å². The molecule has 0 saturated carbocycles. The molecule has 0 atom stereocenters. The maximum atomic E-state index is 12.8. The molecule has 0 aliphatic carbocycles. The zero-order valence-electron chi connectivity index (χ0n) is 15.5. The molecule has 2 heterocycles. The Kier molecular flexibility index (Phi) is 5.71. The van der Waals surface area contributed by atoms with Crippen LogP contribution in [0.5, 0.6) is 5.75 Å². The fourth-order valence-corrected chi connectivity index (χ4v) is 3.79. The number of hydrogen-bond acceptors (Lipinski definition) is 6. The second-order valence-electron chi connectivity index (χ2n) is 6.22. The number of ether oxygens (including phenoxy) is 1. The molecule has 0 radical (unpaired) electrons. The van der Waals surface area contributed by atoms with Crippen LogP contribution in [-0.2, 0) is 25.4 Å². The number of rotatable bonds is 7. The number of phenols is 1. The quantitative estimate of drug-likeness (QED) is 0.483. The Morgan fingerprint density at radius 1 is 1.22 bits per heavy atom. The van der Waals surface area contributed by atoms with Crippen molar-refractivity contribution < 1.29 is 9.84 Å². The van der Waals surface area contributed by atoms with Gasteiger partial charge in [-0.25, -0.2) is 9.78 Å². The highest BCUT2D eigenvalue weighted by Crippen LogP contribution is 2.24. The van der Waals surface area contributed by atoms with E-state index in [1.54, 1.807) is 32.4 Å². The minimum Gasteiger partial charge on any atom is -0.508 e. The van der Waals surface area contributed by atoms with Gasteiger partial charge in [0, 0.05) is 33.6 Å². The summed E-state index contributed by atoms with van der Waals surface area (Å²) >= 11 is 1.51. The van der Waals surface area contributed by atoms with Crippen LogP contribution in [0.1, 0.15) is 12.0 Å². The van der Waals surface area contributed by atoms with E-state index in [2.05, 4.69) is 4.98 Å². The van der Waals surface area contributed by atoms with E-state index in [4.69, 9.17) is 4.74 Å². The van der Waals surface area contributed by atoms with E-state index in [0.29, 0.717) is 29.5 Å². The molecule has 1 aromatic carbocycles. The summed E-state index contributed by atoms with van der Waals surface area (Å²) in [6.07, 6.45) is 0.841. The van der Waals surface area contributed by atoms with Gasteiger partial charge in [0.1, 0.15) is 5.75 Å². The molecule has 144 valence electrons. The van der Waals surface area contributed by atoms with Crippen LogP contribution in [0.25, 0.3) is 11.2 Å². The molecule has 0 spiro atoms. The molecule has 27 heavy (non-hydrogen) atoms. The fraction of sp³-hybridized carbons (Fsp3) is 0.389. The van der Waals surface area contributed by atoms with E-state index >= 15 is 0 Å².